The van der Waals surface area contributed by atoms with Crippen molar-refractivity contribution in [2.45, 2.75) is 78.1 Å². The van der Waals surface area contributed by atoms with Crippen LogP contribution in [0.1, 0.15) is 52.5 Å². The van der Waals surface area contributed by atoms with Gasteiger partial charge in [0.2, 0.25) is 0 Å². The minimum atomic E-state index is -0.435. The lowest BCUT2D eigenvalue weighted by molar-refractivity contribution is 0.0214. The Balaban J connectivity index is 1.75. The maximum absolute atomic E-state index is 12.3. The van der Waals surface area contributed by atoms with E-state index in [9.17, 15) is 4.79 Å². The molecule has 1 saturated heterocycles. The number of aromatic nitrogens is 2. The minimum Gasteiger partial charge on any atom is -0.444 e. The molecule has 0 aliphatic carbocycles. The molecule has 1 aliphatic rings. The number of carbonyl (C=O) groups excluding carboxylic acids is 1. The summed E-state index contributed by atoms with van der Waals surface area (Å²) >= 11 is 0. The number of rotatable bonds is 6. The van der Waals surface area contributed by atoms with Crippen molar-refractivity contribution in [3.05, 3.63) is 18.0 Å². The van der Waals surface area contributed by atoms with Gasteiger partial charge in [-0.1, -0.05) is 0 Å². The van der Waals surface area contributed by atoms with Crippen molar-refractivity contribution in [1.29, 1.82) is 0 Å². The topological polar surface area (TPSA) is 59.4 Å². The van der Waals surface area contributed by atoms with Gasteiger partial charge in [0.15, 0.2) is 0 Å². The molecule has 6 nitrogen and oxygen atoms in total. The fraction of sp³-hybridized carbons (Fsp3) is 0.778. The van der Waals surface area contributed by atoms with Crippen LogP contribution in [0, 0.1) is 6.92 Å². The number of hydrogen-bond donors (Lipinski definition) is 1. The summed E-state index contributed by atoms with van der Waals surface area (Å²) < 4.78 is 7.49. The van der Waals surface area contributed by atoms with Gasteiger partial charge in [0.25, 0.3) is 0 Å². The molecule has 6 heteroatoms. The molecule has 1 fully saturated rings. The van der Waals surface area contributed by atoms with Gasteiger partial charge < -0.3 is 15.0 Å². The third-order valence-corrected chi connectivity index (χ3v) is 4.23. The maximum atomic E-state index is 12.3. The quantitative estimate of drug-likeness (QED) is 0.868. The van der Waals surface area contributed by atoms with Gasteiger partial charge in [-0.2, -0.15) is 5.10 Å². The van der Waals surface area contributed by atoms with E-state index in [2.05, 4.69) is 17.3 Å². The Morgan fingerprint density at radius 2 is 2.25 bits per heavy atom. The lowest BCUT2D eigenvalue weighted by Crippen LogP contribution is -2.43. The summed E-state index contributed by atoms with van der Waals surface area (Å²) in [5.74, 6) is 0. The van der Waals surface area contributed by atoms with Gasteiger partial charge in [-0.05, 0) is 59.4 Å². The van der Waals surface area contributed by atoms with Crippen molar-refractivity contribution in [2.24, 2.45) is 0 Å². The number of nitrogens with one attached hydrogen (secondary N) is 1. The summed E-state index contributed by atoms with van der Waals surface area (Å²) in [6, 6.07) is 0.629. The smallest absolute Gasteiger partial charge is 0.410 e. The van der Waals surface area contributed by atoms with Crippen molar-refractivity contribution in [2.75, 3.05) is 13.1 Å². The van der Waals surface area contributed by atoms with Gasteiger partial charge >= 0.3 is 6.09 Å². The number of likely N-dealkylation sites (tertiary alicyclic amines) is 1. The van der Waals surface area contributed by atoms with Crippen LogP contribution >= 0.6 is 0 Å². The number of ether oxygens (including phenoxy) is 1. The molecule has 0 saturated carbocycles. The Bertz CT molecular complexity index is 535. The molecule has 2 atom stereocenters. The molecule has 0 bridgehead atoms. The van der Waals surface area contributed by atoms with Crippen LogP contribution in [-0.2, 0) is 11.3 Å². The zero-order valence-electron chi connectivity index (χ0n) is 15.7. The Morgan fingerprint density at radius 3 is 2.88 bits per heavy atom. The first-order chi connectivity index (χ1) is 11.2. The van der Waals surface area contributed by atoms with Crippen LogP contribution in [0.2, 0.25) is 0 Å². The van der Waals surface area contributed by atoms with Gasteiger partial charge in [0, 0.05) is 31.4 Å². The van der Waals surface area contributed by atoms with Crippen LogP contribution in [0.5, 0.6) is 0 Å². The molecule has 24 heavy (non-hydrogen) atoms. The second-order valence-corrected chi connectivity index (χ2v) is 7.84. The molecule has 0 spiro atoms. The Kier molecular flexibility index (Phi) is 6.27. The first-order valence-corrected chi connectivity index (χ1v) is 8.96. The van der Waals surface area contributed by atoms with Crippen molar-refractivity contribution in [1.82, 2.24) is 20.0 Å². The van der Waals surface area contributed by atoms with E-state index in [1.807, 2.05) is 49.7 Å². The standard InChI is InChI=1S/C18H32N4O2/c1-14-12-20-21(13-14)10-8-19-15(2)11-16-7-6-9-22(16)17(23)24-18(3,4)5/h12-13,15-16,19H,6-11H2,1-5H3. The lowest BCUT2D eigenvalue weighted by atomic mass is 10.1. The van der Waals surface area contributed by atoms with Crippen LogP contribution in [0.3, 0.4) is 0 Å². The summed E-state index contributed by atoms with van der Waals surface area (Å²) in [6.45, 7) is 12.5. The van der Waals surface area contributed by atoms with E-state index < -0.39 is 5.60 Å². The molecule has 2 unspecified atom stereocenters. The normalized spacial score (nSPS) is 19.5. The average Bonchev–Trinajstić information content (AvgIpc) is 3.06. The molecule has 1 N–H and O–H groups in total. The first kappa shape index (κ1) is 18.8. The molecule has 2 heterocycles. The molecule has 2 rings (SSSR count). The fourth-order valence-electron chi connectivity index (χ4n) is 3.15. The highest BCUT2D eigenvalue weighted by molar-refractivity contribution is 5.68. The predicted molar refractivity (Wildman–Crippen MR) is 95.0 cm³/mol. The monoisotopic (exact) mass is 336 g/mol. The number of aryl methyl sites for hydroxylation is 1. The molecular formula is C18H32N4O2. The molecule has 1 aromatic heterocycles. The third kappa shape index (κ3) is 5.82. The minimum absolute atomic E-state index is 0.177. The first-order valence-electron chi connectivity index (χ1n) is 8.96. The summed E-state index contributed by atoms with van der Waals surface area (Å²) in [5, 5.41) is 7.83. The van der Waals surface area contributed by atoms with E-state index in [-0.39, 0.29) is 12.1 Å². The summed E-state index contributed by atoms with van der Waals surface area (Å²) in [5.41, 5.74) is 0.748. The van der Waals surface area contributed by atoms with Gasteiger partial charge in [0.05, 0.1) is 12.7 Å². The van der Waals surface area contributed by atoms with Gasteiger partial charge in [-0.3, -0.25) is 4.68 Å². The zero-order valence-corrected chi connectivity index (χ0v) is 15.7. The van der Waals surface area contributed by atoms with Crippen molar-refractivity contribution in [3.63, 3.8) is 0 Å². The van der Waals surface area contributed by atoms with Crippen LogP contribution in [-0.4, -0.2) is 51.5 Å². The maximum Gasteiger partial charge on any atom is 0.410 e. The Morgan fingerprint density at radius 1 is 1.50 bits per heavy atom. The molecule has 1 aromatic rings. The van der Waals surface area contributed by atoms with Crippen LogP contribution in [0.4, 0.5) is 4.79 Å². The van der Waals surface area contributed by atoms with Gasteiger partial charge in [0.1, 0.15) is 5.60 Å². The lowest BCUT2D eigenvalue weighted by Gasteiger charge is -2.30. The van der Waals surface area contributed by atoms with E-state index in [0.29, 0.717) is 6.04 Å². The van der Waals surface area contributed by atoms with Crippen LogP contribution in [0.15, 0.2) is 12.4 Å². The SMILES string of the molecule is Cc1cnn(CCNC(C)CC2CCCN2C(=O)OC(C)(C)C)c1. The van der Waals surface area contributed by atoms with Crippen LogP contribution in [0.25, 0.3) is 0 Å². The van der Waals surface area contributed by atoms with E-state index in [1.165, 1.54) is 5.56 Å². The fourth-order valence-corrected chi connectivity index (χ4v) is 3.15. The number of nitrogens with zero attached hydrogens (tertiary/aromatic N) is 3. The van der Waals surface area contributed by atoms with E-state index >= 15 is 0 Å². The Labute approximate surface area is 145 Å². The highest BCUT2D eigenvalue weighted by atomic mass is 16.6. The molecule has 1 amide bonds. The molecular weight excluding hydrogens is 304 g/mol. The second kappa shape index (κ2) is 8.01. The summed E-state index contributed by atoms with van der Waals surface area (Å²) in [4.78, 5) is 14.2. The van der Waals surface area contributed by atoms with E-state index in [4.69, 9.17) is 4.74 Å². The third-order valence-electron chi connectivity index (χ3n) is 4.23. The van der Waals surface area contributed by atoms with Gasteiger partial charge in [-0.15, -0.1) is 0 Å². The molecule has 136 valence electrons. The second-order valence-electron chi connectivity index (χ2n) is 7.84. The van der Waals surface area contributed by atoms with E-state index in [0.717, 1.165) is 38.9 Å². The van der Waals surface area contributed by atoms with Crippen molar-refractivity contribution >= 4 is 6.09 Å². The number of hydrogen-bond acceptors (Lipinski definition) is 4. The summed E-state index contributed by atoms with van der Waals surface area (Å²) in [7, 11) is 0. The average molecular weight is 336 g/mol. The predicted octanol–water partition coefficient (Wildman–Crippen LogP) is 2.96. The van der Waals surface area contributed by atoms with E-state index in [1.54, 1.807) is 0 Å². The highest BCUT2D eigenvalue weighted by Gasteiger charge is 2.32. The summed E-state index contributed by atoms with van der Waals surface area (Å²) in [6.07, 6.45) is 6.82. The Hall–Kier alpha value is -1.56. The molecule has 0 aromatic carbocycles. The largest absolute Gasteiger partial charge is 0.444 e. The molecule has 1 aliphatic heterocycles. The van der Waals surface area contributed by atoms with Crippen LogP contribution < -0.4 is 5.32 Å². The van der Waals surface area contributed by atoms with Crippen molar-refractivity contribution < 1.29 is 9.53 Å². The molecule has 0 radical (unpaired) electrons. The zero-order chi connectivity index (χ0) is 17.7. The highest BCUT2D eigenvalue weighted by Crippen LogP contribution is 2.24. The van der Waals surface area contributed by atoms with Gasteiger partial charge in [-0.25, -0.2) is 4.79 Å². The van der Waals surface area contributed by atoms with Crippen molar-refractivity contribution in [3.8, 4) is 0 Å². The number of carbonyl (C=O) groups is 1. The number of amides is 1.